The Morgan fingerprint density at radius 3 is 2.69 bits per heavy atom. The Morgan fingerprint density at radius 1 is 1.21 bits per heavy atom. The number of phenols is 1. The van der Waals surface area contributed by atoms with Crippen molar-refractivity contribution in [2.45, 2.75) is 13.8 Å². The number of hydrogen-bond acceptors (Lipinski definition) is 7. The van der Waals surface area contributed by atoms with Crippen LogP contribution < -0.4 is 5.43 Å². The highest BCUT2D eigenvalue weighted by Gasteiger charge is 2.14. The molecule has 2 aromatic carbocycles. The maximum Gasteiger partial charge on any atom is 0.270 e. The Kier molecular flexibility index (Phi) is 6.23. The summed E-state index contributed by atoms with van der Waals surface area (Å²) in [4.78, 5) is 19.3. The van der Waals surface area contributed by atoms with E-state index >= 15 is 0 Å². The van der Waals surface area contributed by atoms with E-state index in [1.165, 1.54) is 12.1 Å². The predicted molar refractivity (Wildman–Crippen MR) is 118 cm³/mol. The largest absolute Gasteiger partial charge is 0.506 e. The molecule has 0 spiro atoms. The Balaban J connectivity index is 1.92. The first-order valence-electron chi connectivity index (χ1n) is 8.34. The van der Waals surface area contributed by atoms with Crippen LogP contribution >= 0.6 is 31.9 Å². The number of phenolic OH excluding ortho intramolecular Hbond substituents is 1. The zero-order valence-corrected chi connectivity index (χ0v) is 18.5. The number of benzene rings is 2. The van der Waals surface area contributed by atoms with Gasteiger partial charge in [-0.05, 0) is 41.9 Å². The lowest BCUT2D eigenvalue weighted by molar-refractivity contribution is -0.384. The molecule has 2 N–H and O–H groups in total. The summed E-state index contributed by atoms with van der Waals surface area (Å²) in [6.45, 7) is 3.54. The van der Waals surface area contributed by atoms with Gasteiger partial charge in [0.15, 0.2) is 11.6 Å². The summed E-state index contributed by atoms with van der Waals surface area (Å²) in [6.07, 6.45) is 0. The van der Waals surface area contributed by atoms with Crippen LogP contribution in [-0.4, -0.2) is 25.7 Å². The number of hydrazone groups is 1. The third kappa shape index (κ3) is 4.96. The fourth-order valence-electron chi connectivity index (χ4n) is 2.53. The molecule has 29 heavy (non-hydrogen) atoms. The van der Waals surface area contributed by atoms with E-state index in [2.05, 4.69) is 52.4 Å². The van der Waals surface area contributed by atoms with Gasteiger partial charge in [-0.25, -0.2) is 9.97 Å². The molecule has 1 heterocycles. The van der Waals surface area contributed by atoms with E-state index in [0.717, 1.165) is 4.47 Å². The van der Waals surface area contributed by atoms with Crippen LogP contribution in [-0.2, 0) is 0 Å². The molecule has 8 nitrogen and oxygen atoms in total. The average Bonchev–Trinajstić information content (AvgIpc) is 2.68. The second kappa shape index (κ2) is 8.66. The van der Waals surface area contributed by atoms with Crippen LogP contribution in [0.5, 0.6) is 5.75 Å². The van der Waals surface area contributed by atoms with Gasteiger partial charge in [-0.15, -0.1) is 0 Å². The molecule has 0 aliphatic carbocycles. The molecule has 148 valence electrons. The predicted octanol–water partition coefficient (Wildman–Crippen LogP) is 5.43. The number of rotatable bonds is 5. The normalized spacial score (nSPS) is 11.4. The summed E-state index contributed by atoms with van der Waals surface area (Å²) in [6, 6.07) is 11.4. The van der Waals surface area contributed by atoms with Gasteiger partial charge in [-0.2, -0.15) is 5.10 Å². The fourth-order valence-corrected chi connectivity index (χ4v) is 3.76. The fraction of sp³-hybridized carbons (Fsp3) is 0.105. The number of aromatic hydroxyl groups is 1. The highest BCUT2D eigenvalue weighted by molar-refractivity contribution is 9.11. The Hall–Kier alpha value is -2.85. The Morgan fingerprint density at radius 2 is 1.97 bits per heavy atom. The lowest BCUT2D eigenvalue weighted by Gasteiger charge is -2.09. The number of halogens is 2. The van der Waals surface area contributed by atoms with E-state index < -0.39 is 4.92 Å². The zero-order chi connectivity index (χ0) is 21.1. The van der Waals surface area contributed by atoms with Crippen LogP contribution in [0.1, 0.15) is 18.2 Å². The van der Waals surface area contributed by atoms with Crippen molar-refractivity contribution in [2.75, 3.05) is 5.43 Å². The minimum Gasteiger partial charge on any atom is -0.506 e. The van der Waals surface area contributed by atoms with Gasteiger partial charge < -0.3 is 5.11 Å². The second-order valence-corrected chi connectivity index (χ2v) is 7.89. The van der Waals surface area contributed by atoms with Crippen LogP contribution in [0.4, 0.5) is 11.5 Å². The summed E-state index contributed by atoms with van der Waals surface area (Å²) in [5, 5.41) is 25.6. The quantitative estimate of drug-likeness (QED) is 0.263. The van der Waals surface area contributed by atoms with E-state index in [1.54, 1.807) is 44.2 Å². The summed E-state index contributed by atoms with van der Waals surface area (Å²) in [5.41, 5.74) is 5.15. The smallest absolute Gasteiger partial charge is 0.270 e. The van der Waals surface area contributed by atoms with Crippen molar-refractivity contribution >= 4 is 49.1 Å². The Bertz CT molecular complexity index is 1130. The van der Waals surface area contributed by atoms with E-state index in [0.29, 0.717) is 38.6 Å². The van der Waals surface area contributed by atoms with Crippen LogP contribution in [0, 0.1) is 17.0 Å². The van der Waals surface area contributed by atoms with E-state index in [9.17, 15) is 15.2 Å². The van der Waals surface area contributed by atoms with E-state index in [1.807, 2.05) is 0 Å². The lowest BCUT2D eigenvalue weighted by atomic mass is 10.1. The van der Waals surface area contributed by atoms with Crippen molar-refractivity contribution < 1.29 is 10.0 Å². The summed E-state index contributed by atoms with van der Waals surface area (Å²) in [7, 11) is 0. The van der Waals surface area contributed by atoms with E-state index in [-0.39, 0.29) is 11.4 Å². The number of nitrogens with one attached hydrogen (secondary N) is 1. The van der Waals surface area contributed by atoms with Crippen molar-refractivity contribution in [1.29, 1.82) is 0 Å². The van der Waals surface area contributed by atoms with Crippen molar-refractivity contribution in [1.82, 2.24) is 9.97 Å². The molecule has 0 bridgehead atoms. The summed E-state index contributed by atoms with van der Waals surface area (Å²) in [5.74, 6) is 0.781. The molecule has 0 saturated carbocycles. The van der Waals surface area contributed by atoms with Gasteiger partial charge in [0, 0.05) is 33.9 Å². The van der Waals surface area contributed by atoms with Crippen LogP contribution in [0.25, 0.3) is 11.4 Å². The third-order valence-corrected chi connectivity index (χ3v) is 5.00. The number of nitro groups is 1. The highest BCUT2D eigenvalue weighted by Crippen LogP contribution is 2.37. The number of anilines is 1. The number of hydrogen-bond donors (Lipinski definition) is 2. The summed E-state index contributed by atoms with van der Waals surface area (Å²) >= 11 is 6.69. The highest BCUT2D eigenvalue weighted by atomic mass is 79.9. The van der Waals surface area contributed by atoms with Gasteiger partial charge in [0.1, 0.15) is 5.75 Å². The first-order chi connectivity index (χ1) is 13.7. The van der Waals surface area contributed by atoms with Crippen molar-refractivity contribution in [3.63, 3.8) is 0 Å². The lowest BCUT2D eigenvalue weighted by Crippen LogP contribution is -2.03. The molecule has 0 unspecified atom stereocenters. The number of nitro benzene ring substituents is 1. The van der Waals surface area contributed by atoms with Crippen LogP contribution in [0.15, 0.2) is 56.5 Å². The van der Waals surface area contributed by atoms with Crippen molar-refractivity contribution in [2.24, 2.45) is 5.10 Å². The molecule has 0 fully saturated rings. The first kappa shape index (κ1) is 20.9. The number of non-ortho nitro benzene ring substituents is 1. The minimum absolute atomic E-state index is 0.00655. The molecule has 0 amide bonds. The number of aryl methyl sites for hydroxylation is 1. The Labute approximate surface area is 183 Å². The zero-order valence-electron chi connectivity index (χ0n) is 15.3. The van der Waals surface area contributed by atoms with Crippen LogP contribution in [0.2, 0.25) is 0 Å². The second-order valence-electron chi connectivity index (χ2n) is 6.12. The molecule has 0 aliphatic heterocycles. The minimum atomic E-state index is -0.452. The molecule has 0 saturated heterocycles. The molecular weight excluding hydrogens is 506 g/mol. The van der Waals surface area contributed by atoms with Gasteiger partial charge in [-0.1, -0.05) is 28.1 Å². The first-order valence-corrected chi connectivity index (χ1v) is 9.92. The standard InChI is InChI=1S/C19H15Br2N5O3/c1-10-6-17(23-19(22-10)15-8-13(20)9-16(21)18(15)27)25-24-11(2)12-4-3-5-14(7-12)26(28)29/h3-9,27H,1-2H3,(H,22,23,25)/b24-11-. The molecule has 10 heteroatoms. The number of nitrogens with zero attached hydrogens (tertiary/aromatic N) is 4. The molecule has 3 aromatic rings. The SMILES string of the molecule is C/C(=N/Nc1cc(C)nc(-c2cc(Br)cc(Br)c2O)n1)c1cccc([N+](=O)[O-])c1. The van der Waals surface area contributed by atoms with Crippen molar-refractivity contribution in [3.05, 3.63) is 72.8 Å². The maximum atomic E-state index is 10.9. The summed E-state index contributed by atoms with van der Waals surface area (Å²) < 4.78 is 1.28. The molecule has 3 rings (SSSR count). The molecule has 1 aromatic heterocycles. The third-order valence-electron chi connectivity index (χ3n) is 3.94. The molecular formula is C19H15Br2N5O3. The van der Waals surface area contributed by atoms with Gasteiger partial charge in [0.25, 0.3) is 5.69 Å². The molecule has 0 radical (unpaired) electrons. The van der Waals surface area contributed by atoms with Crippen LogP contribution in [0.3, 0.4) is 0 Å². The molecule has 0 aliphatic rings. The van der Waals surface area contributed by atoms with Gasteiger partial charge in [0.2, 0.25) is 0 Å². The van der Waals surface area contributed by atoms with E-state index in [4.69, 9.17) is 0 Å². The monoisotopic (exact) mass is 519 g/mol. The van der Waals surface area contributed by atoms with Crippen molar-refractivity contribution in [3.8, 4) is 17.1 Å². The van der Waals surface area contributed by atoms with Gasteiger partial charge >= 0.3 is 0 Å². The maximum absolute atomic E-state index is 10.9. The molecule has 0 atom stereocenters. The van der Waals surface area contributed by atoms with Gasteiger partial charge in [-0.3, -0.25) is 15.5 Å². The number of aromatic nitrogens is 2. The average molecular weight is 521 g/mol. The van der Waals surface area contributed by atoms with Gasteiger partial charge in [0.05, 0.1) is 20.7 Å². The topological polar surface area (TPSA) is 114 Å².